The van der Waals surface area contributed by atoms with Crippen molar-refractivity contribution in [3.05, 3.63) is 35.3 Å². The standard InChI is InChI=1S/C20H26N4O5S/c1-27-16-11-15(12-17(13-16)28-2)19(26)24(5-4-23-6-8-29-9-7-23)14-18(25)22-20-21-3-10-30-20/h3,10-13H,4-9,14H2,1-2H3,(H,21,22,25). The number of benzene rings is 1. The van der Waals surface area contributed by atoms with E-state index in [2.05, 4.69) is 15.2 Å². The summed E-state index contributed by atoms with van der Waals surface area (Å²) < 4.78 is 15.9. The zero-order valence-electron chi connectivity index (χ0n) is 17.1. The lowest BCUT2D eigenvalue weighted by atomic mass is 10.1. The topological polar surface area (TPSA) is 93.2 Å². The molecular formula is C20H26N4O5S. The highest BCUT2D eigenvalue weighted by Gasteiger charge is 2.22. The molecule has 9 nitrogen and oxygen atoms in total. The number of rotatable bonds is 9. The first kappa shape index (κ1) is 22.0. The predicted octanol–water partition coefficient (Wildman–Crippen LogP) is 1.57. The fourth-order valence-electron chi connectivity index (χ4n) is 3.07. The summed E-state index contributed by atoms with van der Waals surface area (Å²) in [4.78, 5) is 33.6. The van der Waals surface area contributed by atoms with Crippen LogP contribution in [0.2, 0.25) is 0 Å². The third-order valence-electron chi connectivity index (χ3n) is 4.69. The summed E-state index contributed by atoms with van der Waals surface area (Å²) in [5, 5.41) is 5.01. The van der Waals surface area contributed by atoms with Crippen LogP contribution >= 0.6 is 11.3 Å². The molecule has 0 radical (unpaired) electrons. The number of hydrogen-bond donors (Lipinski definition) is 1. The number of ether oxygens (including phenoxy) is 3. The van der Waals surface area contributed by atoms with Gasteiger partial charge in [0.25, 0.3) is 5.91 Å². The van der Waals surface area contributed by atoms with Crippen molar-refractivity contribution in [2.24, 2.45) is 0 Å². The maximum atomic E-state index is 13.3. The fraction of sp³-hybridized carbons (Fsp3) is 0.450. The van der Waals surface area contributed by atoms with E-state index in [1.807, 2.05) is 0 Å². The van der Waals surface area contributed by atoms with E-state index in [9.17, 15) is 9.59 Å². The average Bonchev–Trinajstić information content (AvgIpc) is 3.29. The largest absolute Gasteiger partial charge is 0.497 e. The second-order valence-corrected chi connectivity index (χ2v) is 7.56. The Morgan fingerprint density at radius 2 is 1.90 bits per heavy atom. The Bertz CT molecular complexity index is 817. The fourth-order valence-corrected chi connectivity index (χ4v) is 3.62. The van der Waals surface area contributed by atoms with Crippen molar-refractivity contribution in [3.63, 3.8) is 0 Å². The SMILES string of the molecule is COc1cc(OC)cc(C(=O)N(CCN2CCOCC2)CC(=O)Nc2nccs2)c1. The van der Waals surface area contributed by atoms with Crippen LogP contribution < -0.4 is 14.8 Å². The van der Waals surface area contributed by atoms with Crippen molar-refractivity contribution < 1.29 is 23.8 Å². The van der Waals surface area contributed by atoms with Crippen molar-refractivity contribution in [2.45, 2.75) is 0 Å². The number of amides is 2. The molecule has 0 unspecified atom stereocenters. The van der Waals surface area contributed by atoms with Gasteiger partial charge in [0.2, 0.25) is 5.91 Å². The first-order chi connectivity index (χ1) is 14.6. The molecule has 30 heavy (non-hydrogen) atoms. The molecule has 1 saturated heterocycles. The monoisotopic (exact) mass is 434 g/mol. The Labute approximate surface area is 179 Å². The molecule has 0 atom stereocenters. The highest BCUT2D eigenvalue weighted by Crippen LogP contribution is 2.23. The Morgan fingerprint density at radius 1 is 1.20 bits per heavy atom. The van der Waals surface area contributed by atoms with Gasteiger partial charge in [0.05, 0.1) is 27.4 Å². The number of carbonyl (C=O) groups excluding carboxylic acids is 2. The third-order valence-corrected chi connectivity index (χ3v) is 5.38. The molecule has 2 amide bonds. The molecule has 1 aromatic heterocycles. The number of aromatic nitrogens is 1. The number of carbonyl (C=O) groups is 2. The van der Waals surface area contributed by atoms with Crippen LogP contribution in [0, 0.1) is 0 Å². The van der Waals surface area contributed by atoms with Crippen molar-refractivity contribution >= 4 is 28.3 Å². The highest BCUT2D eigenvalue weighted by molar-refractivity contribution is 7.13. The number of anilines is 1. The molecule has 1 aliphatic rings. The van der Waals surface area contributed by atoms with Gasteiger partial charge in [-0.3, -0.25) is 14.5 Å². The Balaban J connectivity index is 1.74. The van der Waals surface area contributed by atoms with Crippen LogP contribution in [0.15, 0.2) is 29.8 Å². The highest BCUT2D eigenvalue weighted by atomic mass is 32.1. The van der Waals surface area contributed by atoms with Gasteiger partial charge in [-0.2, -0.15) is 0 Å². The number of methoxy groups -OCH3 is 2. The molecule has 2 aromatic rings. The summed E-state index contributed by atoms with van der Waals surface area (Å²) in [6, 6.07) is 4.99. The second kappa shape index (κ2) is 10.9. The van der Waals surface area contributed by atoms with Crippen molar-refractivity contribution in [1.82, 2.24) is 14.8 Å². The summed E-state index contributed by atoms with van der Waals surface area (Å²) >= 11 is 1.33. The lowest BCUT2D eigenvalue weighted by Crippen LogP contribution is -2.45. The quantitative estimate of drug-likeness (QED) is 0.640. The first-order valence-electron chi connectivity index (χ1n) is 9.61. The van der Waals surface area contributed by atoms with Gasteiger partial charge in [-0.15, -0.1) is 11.3 Å². The zero-order chi connectivity index (χ0) is 21.3. The van der Waals surface area contributed by atoms with E-state index in [1.54, 1.807) is 29.8 Å². The summed E-state index contributed by atoms with van der Waals surface area (Å²) in [5.41, 5.74) is 0.398. The van der Waals surface area contributed by atoms with E-state index in [0.717, 1.165) is 13.1 Å². The average molecular weight is 435 g/mol. The van der Waals surface area contributed by atoms with E-state index in [0.29, 0.717) is 48.5 Å². The van der Waals surface area contributed by atoms with Crippen molar-refractivity contribution in [2.75, 3.05) is 65.5 Å². The van der Waals surface area contributed by atoms with E-state index >= 15 is 0 Å². The van der Waals surface area contributed by atoms with E-state index < -0.39 is 0 Å². The van der Waals surface area contributed by atoms with Gasteiger partial charge in [0, 0.05) is 49.4 Å². The Kier molecular flexibility index (Phi) is 8.00. The van der Waals surface area contributed by atoms with Crippen LogP contribution in [0.4, 0.5) is 5.13 Å². The molecule has 0 spiro atoms. The van der Waals surface area contributed by atoms with Gasteiger partial charge in [-0.1, -0.05) is 0 Å². The molecule has 0 bridgehead atoms. The van der Waals surface area contributed by atoms with Gasteiger partial charge in [0.1, 0.15) is 18.0 Å². The minimum Gasteiger partial charge on any atom is -0.497 e. The number of hydrogen-bond acceptors (Lipinski definition) is 8. The van der Waals surface area contributed by atoms with Gasteiger partial charge in [-0.05, 0) is 12.1 Å². The normalized spacial score (nSPS) is 14.2. The predicted molar refractivity (Wildman–Crippen MR) is 113 cm³/mol. The molecule has 1 N–H and O–H groups in total. The molecule has 1 aromatic carbocycles. The Hall–Kier alpha value is -2.69. The molecule has 2 heterocycles. The van der Waals surface area contributed by atoms with Gasteiger partial charge < -0.3 is 24.4 Å². The molecule has 1 aliphatic heterocycles. The van der Waals surface area contributed by atoms with Crippen LogP contribution in [0.25, 0.3) is 0 Å². The number of thiazole rings is 1. The van der Waals surface area contributed by atoms with Crippen molar-refractivity contribution in [3.8, 4) is 11.5 Å². The second-order valence-electron chi connectivity index (χ2n) is 6.67. The zero-order valence-corrected chi connectivity index (χ0v) is 17.9. The summed E-state index contributed by atoms with van der Waals surface area (Å²) in [6.07, 6.45) is 1.62. The molecular weight excluding hydrogens is 408 g/mol. The van der Waals surface area contributed by atoms with Gasteiger partial charge in [0.15, 0.2) is 5.13 Å². The first-order valence-corrected chi connectivity index (χ1v) is 10.5. The van der Waals surface area contributed by atoms with Crippen molar-refractivity contribution in [1.29, 1.82) is 0 Å². The number of nitrogens with zero attached hydrogens (tertiary/aromatic N) is 3. The van der Waals surface area contributed by atoms with E-state index in [4.69, 9.17) is 14.2 Å². The maximum Gasteiger partial charge on any atom is 0.254 e. The number of nitrogens with one attached hydrogen (secondary N) is 1. The van der Waals surface area contributed by atoms with Crippen LogP contribution in [-0.4, -0.2) is 86.8 Å². The summed E-state index contributed by atoms with van der Waals surface area (Å²) in [7, 11) is 3.06. The minimum absolute atomic E-state index is 0.0811. The number of morpholine rings is 1. The maximum absolute atomic E-state index is 13.3. The van der Waals surface area contributed by atoms with Crippen LogP contribution in [0.3, 0.4) is 0 Å². The van der Waals surface area contributed by atoms with Crippen LogP contribution in [0.5, 0.6) is 11.5 Å². The van der Waals surface area contributed by atoms with Crippen LogP contribution in [-0.2, 0) is 9.53 Å². The van der Waals surface area contributed by atoms with Crippen LogP contribution in [0.1, 0.15) is 10.4 Å². The smallest absolute Gasteiger partial charge is 0.254 e. The molecule has 1 fully saturated rings. The molecule has 0 saturated carbocycles. The van der Waals surface area contributed by atoms with Gasteiger partial charge >= 0.3 is 0 Å². The van der Waals surface area contributed by atoms with E-state index in [1.165, 1.54) is 30.5 Å². The van der Waals surface area contributed by atoms with E-state index in [-0.39, 0.29) is 18.4 Å². The molecule has 3 rings (SSSR count). The lowest BCUT2D eigenvalue weighted by molar-refractivity contribution is -0.117. The molecule has 0 aliphatic carbocycles. The van der Waals surface area contributed by atoms with Gasteiger partial charge in [-0.25, -0.2) is 4.98 Å². The summed E-state index contributed by atoms with van der Waals surface area (Å²) in [6.45, 7) is 3.93. The minimum atomic E-state index is -0.296. The Morgan fingerprint density at radius 3 is 2.50 bits per heavy atom. The molecule has 162 valence electrons. The summed E-state index contributed by atoms with van der Waals surface area (Å²) in [5.74, 6) is 0.459. The molecule has 10 heteroatoms. The third kappa shape index (κ3) is 6.15. The lowest BCUT2D eigenvalue weighted by Gasteiger charge is -2.30.